The number of aromatic nitrogens is 1. The van der Waals surface area contributed by atoms with Gasteiger partial charge >= 0.3 is 0 Å². The van der Waals surface area contributed by atoms with E-state index in [-0.39, 0.29) is 5.56 Å². The number of hydrogen-bond acceptors (Lipinski definition) is 3. The summed E-state index contributed by atoms with van der Waals surface area (Å²) in [5.41, 5.74) is 3.47. The predicted octanol–water partition coefficient (Wildman–Crippen LogP) is 3.68. The molecule has 1 fully saturated rings. The highest BCUT2D eigenvalue weighted by Gasteiger charge is 2.25. The van der Waals surface area contributed by atoms with Crippen molar-refractivity contribution in [2.45, 2.75) is 18.8 Å². The third-order valence-electron chi connectivity index (χ3n) is 5.39. The quantitative estimate of drug-likeness (QED) is 0.785. The molecule has 1 aliphatic heterocycles. The number of benzene rings is 2. The molecule has 2 aromatic carbocycles. The van der Waals surface area contributed by atoms with Gasteiger partial charge in [-0.25, -0.2) is 0 Å². The van der Waals surface area contributed by atoms with Crippen molar-refractivity contribution in [1.29, 1.82) is 0 Å². The zero-order valence-corrected chi connectivity index (χ0v) is 15.3. The van der Waals surface area contributed by atoms with E-state index in [0.29, 0.717) is 5.92 Å². The Bertz CT molecular complexity index is 986. The number of ether oxygens (including phenoxy) is 1. The highest BCUT2D eigenvalue weighted by Crippen LogP contribution is 2.37. The molecule has 26 heavy (non-hydrogen) atoms. The van der Waals surface area contributed by atoms with E-state index in [1.807, 2.05) is 35.9 Å². The van der Waals surface area contributed by atoms with Crippen LogP contribution in [0.1, 0.15) is 24.5 Å². The Hall–Kier alpha value is -2.59. The Labute approximate surface area is 153 Å². The second kappa shape index (κ2) is 6.96. The van der Waals surface area contributed by atoms with E-state index in [1.165, 1.54) is 0 Å². The Morgan fingerprint density at radius 1 is 1.12 bits per heavy atom. The number of nitrogens with one attached hydrogen (secondary N) is 1. The molecule has 0 amide bonds. The van der Waals surface area contributed by atoms with Crippen LogP contribution in [0.15, 0.2) is 53.3 Å². The maximum atomic E-state index is 13.1. The molecule has 3 aromatic rings. The highest BCUT2D eigenvalue weighted by molar-refractivity contribution is 5.98. The lowest BCUT2D eigenvalue weighted by Crippen LogP contribution is -2.33. The summed E-state index contributed by atoms with van der Waals surface area (Å²) in [6, 6.07) is 16.1. The molecule has 1 aliphatic rings. The summed E-state index contributed by atoms with van der Waals surface area (Å²) in [5, 5.41) is 5.20. The standard InChI is InChI=1S/C22H24N2O2/c1-24-21(16-9-6-12-23-14-16)20(15-7-4-3-5-8-15)19-13-17(26-2)10-11-18(19)22(24)25/h3-5,7-8,10-11,13,16,23H,6,9,12,14H2,1-2H3. The largest absolute Gasteiger partial charge is 0.497 e. The lowest BCUT2D eigenvalue weighted by molar-refractivity contribution is 0.415. The highest BCUT2D eigenvalue weighted by atomic mass is 16.5. The van der Waals surface area contributed by atoms with Gasteiger partial charge in [0.1, 0.15) is 5.75 Å². The fourth-order valence-corrected chi connectivity index (χ4v) is 4.11. The first kappa shape index (κ1) is 16.9. The summed E-state index contributed by atoms with van der Waals surface area (Å²) < 4.78 is 7.30. The molecule has 1 saturated heterocycles. The molecule has 0 saturated carbocycles. The van der Waals surface area contributed by atoms with Crippen LogP contribution in [0.5, 0.6) is 5.75 Å². The third kappa shape index (κ3) is 2.80. The Morgan fingerprint density at radius 2 is 1.92 bits per heavy atom. The first-order chi connectivity index (χ1) is 12.7. The second-order valence-corrected chi connectivity index (χ2v) is 6.95. The van der Waals surface area contributed by atoms with E-state index in [1.54, 1.807) is 7.11 Å². The van der Waals surface area contributed by atoms with Gasteiger partial charge in [-0.3, -0.25) is 4.79 Å². The molecule has 134 valence electrons. The number of nitrogens with zero attached hydrogens (tertiary/aromatic N) is 1. The molecular weight excluding hydrogens is 324 g/mol. The molecule has 0 bridgehead atoms. The molecule has 4 nitrogen and oxygen atoms in total. The number of piperidine rings is 1. The van der Waals surface area contributed by atoms with Crippen molar-refractivity contribution < 1.29 is 4.74 Å². The average molecular weight is 348 g/mol. The van der Waals surface area contributed by atoms with E-state index < -0.39 is 0 Å². The Balaban J connectivity index is 2.10. The van der Waals surface area contributed by atoms with E-state index >= 15 is 0 Å². The van der Waals surface area contributed by atoms with Gasteiger partial charge < -0.3 is 14.6 Å². The monoisotopic (exact) mass is 348 g/mol. The fourth-order valence-electron chi connectivity index (χ4n) is 4.11. The van der Waals surface area contributed by atoms with Crippen molar-refractivity contribution in [3.63, 3.8) is 0 Å². The summed E-state index contributed by atoms with van der Waals surface area (Å²) in [6.45, 7) is 1.95. The zero-order chi connectivity index (χ0) is 18.1. The molecule has 1 atom stereocenters. The summed E-state index contributed by atoms with van der Waals surface area (Å²) >= 11 is 0. The zero-order valence-electron chi connectivity index (χ0n) is 15.3. The average Bonchev–Trinajstić information content (AvgIpc) is 2.71. The molecule has 4 rings (SSSR count). The van der Waals surface area contributed by atoms with Crippen LogP contribution in [0.3, 0.4) is 0 Å². The van der Waals surface area contributed by atoms with E-state index in [9.17, 15) is 4.79 Å². The SMILES string of the molecule is COc1ccc2c(=O)n(C)c(C3CCCNC3)c(-c3ccccc3)c2c1. The maximum absolute atomic E-state index is 13.1. The molecule has 0 radical (unpaired) electrons. The Morgan fingerprint density at radius 3 is 2.62 bits per heavy atom. The number of methoxy groups -OCH3 is 1. The smallest absolute Gasteiger partial charge is 0.258 e. The van der Waals surface area contributed by atoms with Crippen molar-refractivity contribution in [2.75, 3.05) is 20.2 Å². The van der Waals surface area contributed by atoms with Crippen LogP contribution in [0.2, 0.25) is 0 Å². The first-order valence-electron chi connectivity index (χ1n) is 9.17. The second-order valence-electron chi connectivity index (χ2n) is 6.95. The molecule has 2 heterocycles. The topological polar surface area (TPSA) is 43.3 Å². The van der Waals surface area contributed by atoms with Crippen LogP contribution < -0.4 is 15.6 Å². The van der Waals surface area contributed by atoms with E-state index in [2.05, 4.69) is 29.6 Å². The third-order valence-corrected chi connectivity index (χ3v) is 5.39. The minimum atomic E-state index is 0.0582. The predicted molar refractivity (Wildman–Crippen MR) is 106 cm³/mol. The van der Waals surface area contributed by atoms with Crippen molar-refractivity contribution in [1.82, 2.24) is 9.88 Å². The van der Waals surface area contributed by atoms with Gasteiger partial charge in [-0.2, -0.15) is 0 Å². The van der Waals surface area contributed by atoms with Crippen LogP contribution in [0.25, 0.3) is 21.9 Å². The molecule has 1 aromatic heterocycles. The van der Waals surface area contributed by atoms with Gasteiger partial charge in [0.2, 0.25) is 0 Å². The van der Waals surface area contributed by atoms with Crippen LogP contribution in [0, 0.1) is 0 Å². The number of fused-ring (bicyclic) bond motifs is 1. The summed E-state index contributed by atoms with van der Waals surface area (Å²) in [4.78, 5) is 13.1. The minimum Gasteiger partial charge on any atom is -0.497 e. The first-order valence-corrected chi connectivity index (χ1v) is 9.17. The van der Waals surface area contributed by atoms with Crippen LogP contribution >= 0.6 is 0 Å². The van der Waals surface area contributed by atoms with Crippen molar-refractivity contribution in [3.05, 3.63) is 64.6 Å². The maximum Gasteiger partial charge on any atom is 0.258 e. The van der Waals surface area contributed by atoms with Crippen LogP contribution in [-0.4, -0.2) is 24.8 Å². The summed E-state index contributed by atoms with van der Waals surface area (Å²) in [6.07, 6.45) is 2.22. The fraction of sp³-hybridized carbons (Fsp3) is 0.318. The van der Waals surface area contributed by atoms with Gasteiger partial charge in [-0.15, -0.1) is 0 Å². The summed E-state index contributed by atoms with van der Waals surface area (Å²) in [7, 11) is 3.57. The number of rotatable bonds is 3. The van der Waals surface area contributed by atoms with Crippen molar-refractivity contribution in [3.8, 4) is 16.9 Å². The van der Waals surface area contributed by atoms with Crippen molar-refractivity contribution >= 4 is 10.8 Å². The molecule has 1 unspecified atom stereocenters. The van der Waals surface area contributed by atoms with Crippen molar-refractivity contribution in [2.24, 2.45) is 7.05 Å². The molecule has 1 N–H and O–H groups in total. The van der Waals surface area contributed by atoms with E-state index in [0.717, 1.165) is 59.3 Å². The molecule has 0 aliphatic carbocycles. The van der Waals surface area contributed by atoms with Gasteiger partial charge in [-0.1, -0.05) is 30.3 Å². The van der Waals surface area contributed by atoms with Gasteiger partial charge in [0.25, 0.3) is 5.56 Å². The molecule has 4 heteroatoms. The number of hydrogen-bond donors (Lipinski definition) is 1. The number of pyridine rings is 1. The van der Waals surface area contributed by atoms with Gasteiger partial charge in [-0.05, 0) is 43.1 Å². The summed E-state index contributed by atoms with van der Waals surface area (Å²) in [5.74, 6) is 1.10. The van der Waals surface area contributed by atoms with Gasteiger partial charge in [0.05, 0.1) is 7.11 Å². The van der Waals surface area contributed by atoms with Gasteiger partial charge in [0, 0.05) is 41.5 Å². The minimum absolute atomic E-state index is 0.0582. The lowest BCUT2D eigenvalue weighted by atomic mass is 9.87. The van der Waals surface area contributed by atoms with Crippen LogP contribution in [-0.2, 0) is 7.05 Å². The van der Waals surface area contributed by atoms with Gasteiger partial charge in [0.15, 0.2) is 0 Å². The van der Waals surface area contributed by atoms with E-state index in [4.69, 9.17) is 4.74 Å². The molecular formula is C22H24N2O2. The van der Waals surface area contributed by atoms with Crippen LogP contribution in [0.4, 0.5) is 0 Å². The lowest BCUT2D eigenvalue weighted by Gasteiger charge is -2.28. The molecule has 0 spiro atoms. The normalized spacial score (nSPS) is 17.4. The Kier molecular flexibility index (Phi) is 4.51.